The van der Waals surface area contributed by atoms with Gasteiger partial charge in [-0.3, -0.25) is 24.2 Å². The number of carboxylic acids is 1. The fourth-order valence-corrected chi connectivity index (χ4v) is 2.83. The average Bonchev–Trinajstić information content (AvgIpc) is 2.70. The second-order valence-corrected chi connectivity index (χ2v) is 7.96. The quantitative estimate of drug-likeness (QED) is 0.0474. The maximum atomic E-state index is 12.6. The molecule has 0 bridgehead atoms. The van der Waals surface area contributed by atoms with Crippen molar-refractivity contribution >= 4 is 48.2 Å². The van der Waals surface area contributed by atoms with Crippen LogP contribution in [0.2, 0.25) is 0 Å². The highest BCUT2D eigenvalue weighted by Crippen LogP contribution is 2.04. The maximum Gasteiger partial charge on any atom is 0.326 e. The molecule has 15 heteroatoms. The summed E-state index contributed by atoms with van der Waals surface area (Å²) in [7, 11) is 0. The van der Waals surface area contributed by atoms with Crippen molar-refractivity contribution in [3.63, 3.8) is 0 Å². The molecule has 0 heterocycles. The van der Waals surface area contributed by atoms with Crippen molar-refractivity contribution in [2.75, 3.05) is 12.3 Å². The third-order valence-corrected chi connectivity index (χ3v) is 4.75. The van der Waals surface area contributed by atoms with Crippen LogP contribution in [0.1, 0.15) is 33.1 Å². The third-order valence-electron chi connectivity index (χ3n) is 4.39. The van der Waals surface area contributed by atoms with Crippen molar-refractivity contribution in [3.8, 4) is 0 Å². The van der Waals surface area contributed by atoms with E-state index in [0.29, 0.717) is 6.42 Å². The monoisotopic (exact) mass is 490 g/mol. The predicted octanol–water partition coefficient (Wildman–Crippen LogP) is -3.63. The van der Waals surface area contributed by atoms with Crippen LogP contribution in [0, 0.1) is 5.92 Å². The number of thiol groups is 1. The van der Waals surface area contributed by atoms with E-state index in [0.717, 1.165) is 0 Å². The van der Waals surface area contributed by atoms with Crippen molar-refractivity contribution < 1.29 is 29.1 Å². The summed E-state index contributed by atoms with van der Waals surface area (Å²) in [5.74, 6) is -5.26. The van der Waals surface area contributed by atoms with Gasteiger partial charge >= 0.3 is 5.97 Å². The molecule has 0 radical (unpaired) electrons. The van der Waals surface area contributed by atoms with E-state index < -0.39 is 66.1 Å². The number of carbonyl (C=O) groups excluding carboxylic acids is 4. The van der Waals surface area contributed by atoms with E-state index in [-0.39, 0.29) is 24.7 Å². The number of aliphatic carboxylic acids is 1. The van der Waals surface area contributed by atoms with Crippen LogP contribution in [0.5, 0.6) is 0 Å². The first-order valence-corrected chi connectivity index (χ1v) is 10.8. The van der Waals surface area contributed by atoms with E-state index >= 15 is 0 Å². The number of guanidine groups is 1. The lowest BCUT2D eigenvalue weighted by Crippen LogP contribution is -2.58. The van der Waals surface area contributed by atoms with Gasteiger partial charge in [0.1, 0.15) is 18.1 Å². The van der Waals surface area contributed by atoms with Gasteiger partial charge in [0, 0.05) is 12.3 Å². The second-order valence-electron chi connectivity index (χ2n) is 7.60. The van der Waals surface area contributed by atoms with Gasteiger partial charge in [-0.1, -0.05) is 13.8 Å². The van der Waals surface area contributed by atoms with Crippen molar-refractivity contribution in [3.05, 3.63) is 0 Å². The van der Waals surface area contributed by atoms with E-state index in [1.54, 1.807) is 13.8 Å². The predicted molar refractivity (Wildman–Crippen MR) is 124 cm³/mol. The highest BCUT2D eigenvalue weighted by atomic mass is 32.1. The fourth-order valence-electron chi connectivity index (χ4n) is 2.57. The second kappa shape index (κ2) is 14.9. The van der Waals surface area contributed by atoms with E-state index in [4.69, 9.17) is 22.9 Å². The zero-order chi connectivity index (χ0) is 25.7. The maximum absolute atomic E-state index is 12.6. The number of aliphatic imine (C=N–C) groups is 1. The number of carboxylic acid groups (broad SMARTS) is 1. The molecule has 33 heavy (non-hydrogen) atoms. The molecule has 4 amide bonds. The van der Waals surface area contributed by atoms with Crippen LogP contribution in [-0.2, 0) is 24.0 Å². The summed E-state index contributed by atoms with van der Waals surface area (Å²) >= 11 is 4.03. The molecular weight excluding hydrogens is 456 g/mol. The Labute approximate surface area is 197 Å². The van der Waals surface area contributed by atoms with Crippen LogP contribution in [-0.4, -0.2) is 77.1 Å². The molecule has 0 saturated carbocycles. The molecular formula is C18H34N8O6S. The van der Waals surface area contributed by atoms with Crippen molar-refractivity contribution in [2.24, 2.45) is 33.8 Å². The van der Waals surface area contributed by atoms with Gasteiger partial charge in [0.15, 0.2) is 5.96 Å². The molecule has 12 N–H and O–H groups in total. The summed E-state index contributed by atoms with van der Waals surface area (Å²) < 4.78 is 0. The number of carbonyl (C=O) groups is 5. The van der Waals surface area contributed by atoms with Gasteiger partial charge in [-0.25, -0.2) is 4.79 Å². The van der Waals surface area contributed by atoms with Gasteiger partial charge < -0.3 is 44.0 Å². The van der Waals surface area contributed by atoms with E-state index in [2.05, 4.69) is 33.6 Å². The number of nitrogens with two attached hydrogens (primary N) is 4. The van der Waals surface area contributed by atoms with Crippen molar-refractivity contribution in [1.29, 1.82) is 0 Å². The first-order valence-electron chi connectivity index (χ1n) is 10.1. The molecule has 0 saturated heterocycles. The molecule has 0 aromatic heterocycles. The van der Waals surface area contributed by atoms with Crippen LogP contribution < -0.4 is 38.9 Å². The van der Waals surface area contributed by atoms with Crippen LogP contribution in [0.15, 0.2) is 4.99 Å². The summed E-state index contributed by atoms with van der Waals surface area (Å²) in [6.45, 7) is 3.43. The number of primary amides is 1. The standard InChI is InChI=1S/C18H34N8O6S/c1-8(2)13(17(31)32)26-15(29)10(6-12(20)27)24-16(30)11(7-33)25-14(28)9(19)4-3-5-23-18(21)22/h8-11,13,33H,3-7,19H2,1-2H3,(H2,20,27)(H,24,30)(H,25,28)(H,26,29)(H,31,32)(H4,21,22,23). The van der Waals surface area contributed by atoms with E-state index in [1.807, 2.05) is 0 Å². The van der Waals surface area contributed by atoms with Gasteiger partial charge in [-0.15, -0.1) is 0 Å². The zero-order valence-electron chi connectivity index (χ0n) is 18.6. The topological polar surface area (TPSA) is 258 Å². The molecule has 0 spiro atoms. The Hall–Kier alpha value is -3.07. The number of nitrogens with one attached hydrogen (secondary N) is 3. The molecule has 0 rings (SSSR count). The first kappa shape index (κ1) is 29.9. The summed E-state index contributed by atoms with van der Waals surface area (Å²) in [5, 5.41) is 16.2. The lowest BCUT2D eigenvalue weighted by atomic mass is 10.0. The average molecular weight is 491 g/mol. The van der Waals surface area contributed by atoms with Gasteiger partial charge in [0.2, 0.25) is 23.6 Å². The molecule has 0 fully saturated rings. The molecule has 0 aromatic carbocycles. The molecule has 188 valence electrons. The summed E-state index contributed by atoms with van der Waals surface area (Å²) in [4.78, 5) is 63.9. The number of nitrogens with zero attached hydrogens (tertiary/aromatic N) is 1. The van der Waals surface area contributed by atoms with Crippen LogP contribution >= 0.6 is 12.6 Å². The SMILES string of the molecule is CC(C)C(NC(=O)C(CC(N)=O)NC(=O)C(CS)NC(=O)C(N)CCCN=C(N)N)C(=O)O. The van der Waals surface area contributed by atoms with Crippen molar-refractivity contribution in [1.82, 2.24) is 16.0 Å². The number of rotatable bonds is 15. The van der Waals surface area contributed by atoms with Gasteiger partial charge in [0.05, 0.1) is 12.5 Å². The summed E-state index contributed by atoms with van der Waals surface area (Å²) in [5.41, 5.74) is 21.4. The molecule has 0 aromatic rings. The fraction of sp³-hybridized carbons (Fsp3) is 0.667. The lowest BCUT2D eigenvalue weighted by molar-refractivity contribution is -0.143. The minimum Gasteiger partial charge on any atom is -0.480 e. The number of hydrogen-bond donors (Lipinski definition) is 9. The van der Waals surface area contributed by atoms with E-state index in [9.17, 15) is 29.1 Å². The Kier molecular flexibility index (Phi) is 13.5. The molecule has 4 unspecified atom stereocenters. The molecule has 0 aliphatic heterocycles. The number of amides is 4. The lowest BCUT2D eigenvalue weighted by Gasteiger charge is -2.25. The molecule has 0 aliphatic carbocycles. The third kappa shape index (κ3) is 11.9. The molecule has 4 atom stereocenters. The van der Waals surface area contributed by atoms with Gasteiger partial charge in [-0.05, 0) is 18.8 Å². The number of hydrogen-bond acceptors (Lipinski definition) is 8. The smallest absolute Gasteiger partial charge is 0.326 e. The summed E-state index contributed by atoms with van der Waals surface area (Å²) in [6, 6.07) is -4.85. The Balaban J connectivity index is 5.14. The van der Waals surface area contributed by atoms with Gasteiger partial charge in [0.25, 0.3) is 0 Å². The molecule has 14 nitrogen and oxygen atoms in total. The largest absolute Gasteiger partial charge is 0.480 e. The zero-order valence-corrected chi connectivity index (χ0v) is 19.5. The molecule has 0 aliphatic rings. The minimum atomic E-state index is -1.46. The Bertz CT molecular complexity index is 743. The van der Waals surface area contributed by atoms with Crippen molar-refractivity contribution in [2.45, 2.75) is 57.3 Å². The van der Waals surface area contributed by atoms with E-state index in [1.165, 1.54) is 0 Å². The Morgan fingerprint density at radius 3 is 1.94 bits per heavy atom. The van der Waals surface area contributed by atoms with Crippen LogP contribution in [0.4, 0.5) is 0 Å². The minimum absolute atomic E-state index is 0.0857. The van der Waals surface area contributed by atoms with Gasteiger partial charge in [-0.2, -0.15) is 12.6 Å². The first-order chi connectivity index (χ1) is 15.3. The Morgan fingerprint density at radius 2 is 1.48 bits per heavy atom. The normalized spacial score (nSPS) is 14.3. The Morgan fingerprint density at radius 1 is 0.939 bits per heavy atom. The summed E-state index contributed by atoms with van der Waals surface area (Å²) in [6.07, 6.45) is 0.0766. The van der Waals surface area contributed by atoms with Crippen LogP contribution in [0.3, 0.4) is 0 Å². The highest BCUT2D eigenvalue weighted by Gasteiger charge is 2.31. The highest BCUT2D eigenvalue weighted by molar-refractivity contribution is 7.80. The van der Waals surface area contributed by atoms with Crippen LogP contribution in [0.25, 0.3) is 0 Å².